The lowest BCUT2D eigenvalue weighted by molar-refractivity contribution is 0.374. The van der Waals surface area contributed by atoms with E-state index in [0.717, 1.165) is 31.5 Å². The fourth-order valence-corrected chi connectivity index (χ4v) is 4.45. The van der Waals surface area contributed by atoms with E-state index >= 15 is 0 Å². The lowest BCUT2D eigenvalue weighted by Crippen LogP contribution is -2.24. The Balaban J connectivity index is 1.60. The van der Waals surface area contributed by atoms with Gasteiger partial charge in [0.05, 0.1) is 16.2 Å². The zero-order valence-electron chi connectivity index (χ0n) is 17.8. The fourth-order valence-electron chi connectivity index (χ4n) is 3.49. The SMILES string of the molecule is CCCc1noc(C(C)Sc2nc3ccccc3c(=O)n2CCCc2ccccc2)n1. The van der Waals surface area contributed by atoms with E-state index in [2.05, 4.69) is 29.2 Å². The molecule has 1 atom stereocenters. The molecule has 160 valence electrons. The number of aryl methyl sites for hydroxylation is 2. The largest absolute Gasteiger partial charge is 0.338 e. The highest BCUT2D eigenvalue weighted by Crippen LogP contribution is 2.33. The molecule has 0 amide bonds. The Morgan fingerprint density at radius 1 is 1.03 bits per heavy atom. The van der Waals surface area contributed by atoms with Gasteiger partial charge in [0.1, 0.15) is 0 Å². The van der Waals surface area contributed by atoms with Crippen molar-refractivity contribution in [3.05, 3.63) is 82.2 Å². The molecule has 6 nitrogen and oxygen atoms in total. The third kappa shape index (κ3) is 5.05. The maximum atomic E-state index is 13.3. The van der Waals surface area contributed by atoms with E-state index in [1.807, 2.05) is 49.4 Å². The zero-order chi connectivity index (χ0) is 21.6. The summed E-state index contributed by atoms with van der Waals surface area (Å²) in [7, 11) is 0. The van der Waals surface area contributed by atoms with Crippen LogP contribution in [-0.2, 0) is 19.4 Å². The minimum Gasteiger partial charge on any atom is -0.338 e. The van der Waals surface area contributed by atoms with Crippen LogP contribution in [0.25, 0.3) is 10.9 Å². The second-order valence-electron chi connectivity index (χ2n) is 7.52. The van der Waals surface area contributed by atoms with Gasteiger partial charge in [0, 0.05) is 13.0 Å². The van der Waals surface area contributed by atoms with Gasteiger partial charge in [-0.3, -0.25) is 9.36 Å². The Bertz CT molecular complexity index is 1200. The Hall–Kier alpha value is -2.93. The molecule has 0 bridgehead atoms. The van der Waals surface area contributed by atoms with Crippen LogP contribution in [0.5, 0.6) is 0 Å². The van der Waals surface area contributed by atoms with E-state index in [4.69, 9.17) is 9.51 Å². The summed E-state index contributed by atoms with van der Waals surface area (Å²) in [6.45, 7) is 4.69. The minimum atomic E-state index is -0.105. The average molecular weight is 435 g/mol. The van der Waals surface area contributed by atoms with Crippen molar-refractivity contribution >= 4 is 22.7 Å². The standard InChI is InChI=1S/C24H26N4O2S/c1-3-10-21-26-22(30-27-21)17(2)31-24-25-20-15-8-7-14-19(20)23(29)28(24)16-9-13-18-11-5-4-6-12-18/h4-8,11-12,14-15,17H,3,9-10,13,16H2,1-2H3. The second-order valence-corrected chi connectivity index (χ2v) is 8.82. The van der Waals surface area contributed by atoms with Gasteiger partial charge in [-0.1, -0.05) is 66.3 Å². The van der Waals surface area contributed by atoms with Crippen LogP contribution < -0.4 is 5.56 Å². The molecule has 4 aromatic rings. The molecule has 0 aliphatic carbocycles. The summed E-state index contributed by atoms with van der Waals surface area (Å²) in [5.41, 5.74) is 1.96. The smallest absolute Gasteiger partial charge is 0.262 e. The van der Waals surface area contributed by atoms with Gasteiger partial charge in [0.2, 0.25) is 5.89 Å². The highest BCUT2D eigenvalue weighted by Gasteiger charge is 2.20. The Labute approximate surface area is 185 Å². The quantitative estimate of drug-likeness (QED) is 0.266. The van der Waals surface area contributed by atoms with Gasteiger partial charge in [-0.25, -0.2) is 4.98 Å². The summed E-state index contributed by atoms with van der Waals surface area (Å²) in [6.07, 6.45) is 3.52. The summed E-state index contributed by atoms with van der Waals surface area (Å²) in [4.78, 5) is 22.6. The fraction of sp³-hybridized carbons (Fsp3) is 0.333. The molecular formula is C24H26N4O2S. The molecule has 0 radical (unpaired) electrons. The van der Waals surface area contributed by atoms with Crippen molar-refractivity contribution in [3.8, 4) is 0 Å². The maximum absolute atomic E-state index is 13.3. The van der Waals surface area contributed by atoms with E-state index in [1.54, 1.807) is 4.57 Å². The predicted octanol–water partition coefficient (Wildman–Crippen LogP) is 5.22. The molecule has 2 aromatic carbocycles. The number of benzene rings is 2. The van der Waals surface area contributed by atoms with Crippen LogP contribution in [0.4, 0.5) is 0 Å². The van der Waals surface area contributed by atoms with E-state index < -0.39 is 0 Å². The molecule has 0 aliphatic rings. The van der Waals surface area contributed by atoms with Crippen molar-refractivity contribution in [2.45, 2.75) is 56.5 Å². The maximum Gasteiger partial charge on any atom is 0.262 e. The summed E-state index contributed by atoms with van der Waals surface area (Å²) in [5, 5.41) is 5.27. The molecule has 31 heavy (non-hydrogen) atoms. The highest BCUT2D eigenvalue weighted by molar-refractivity contribution is 7.99. The van der Waals surface area contributed by atoms with Crippen LogP contribution in [0.1, 0.15) is 49.2 Å². The number of rotatable bonds is 9. The minimum absolute atomic E-state index is 0.00874. The molecule has 0 aliphatic heterocycles. The van der Waals surface area contributed by atoms with Gasteiger partial charge in [0.15, 0.2) is 11.0 Å². The van der Waals surface area contributed by atoms with Gasteiger partial charge in [-0.15, -0.1) is 0 Å². The Morgan fingerprint density at radius 3 is 2.61 bits per heavy atom. The van der Waals surface area contributed by atoms with E-state index in [0.29, 0.717) is 28.5 Å². The zero-order valence-corrected chi connectivity index (χ0v) is 18.6. The van der Waals surface area contributed by atoms with Crippen LogP contribution >= 0.6 is 11.8 Å². The van der Waals surface area contributed by atoms with Crippen molar-refractivity contribution in [2.24, 2.45) is 0 Å². The monoisotopic (exact) mass is 434 g/mol. The topological polar surface area (TPSA) is 73.8 Å². The second kappa shape index (κ2) is 9.92. The molecule has 0 N–H and O–H groups in total. The average Bonchev–Trinajstić information content (AvgIpc) is 3.26. The van der Waals surface area contributed by atoms with Crippen LogP contribution in [0.15, 0.2) is 69.1 Å². The van der Waals surface area contributed by atoms with Gasteiger partial charge in [-0.05, 0) is 43.9 Å². The number of hydrogen-bond donors (Lipinski definition) is 0. The van der Waals surface area contributed by atoms with E-state index in [9.17, 15) is 4.79 Å². The van der Waals surface area contributed by atoms with E-state index in [1.165, 1.54) is 17.3 Å². The van der Waals surface area contributed by atoms with Crippen molar-refractivity contribution in [3.63, 3.8) is 0 Å². The summed E-state index contributed by atoms with van der Waals surface area (Å²) >= 11 is 1.49. The number of hydrogen-bond acceptors (Lipinski definition) is 6. The number of thioether (sulfide) groups is 1. The first-order valence-corrected chi connectivity index (χ1v) is 11.6. The Morgan fingerprint density at radius 2 is 1.81 bits per heavy atom. The molecule has 0 fully saturated rings. The van der Waals surface area contributed by atoms with E-state index in [-0.39, 0.29) is 10.8 Å². The first-order valence-electron chi connectivity index (χ1n) is 10.7. The predicted molar refractivity (Wildman–Crippen MR) is 123 cm³/mol. The normalized spacial score (nSPS) is 12.3. The van der Waals surface area contributed by atoms with Crippen LogP contribution in [0, 0.1) is 0 Å². The van der Waals surface area contributed by atoms with Crippen LogP contribution in [0.3, 0.4) is 0 Å². The molecule has 2 heterocycles. The summed E-state index contributed by atoms with van der Waals surface area (Å²) in [5.74, 6) is 1.28. The van der Waals surface area contributed by atoms with Gasteiger partial charge >= 0.3 is 0 Å². The molecule has 1 unspecified atom stereocenters. The molecule has 0 saturated carbocycles. The van der Waals surface area contributed by atoms with Crippen LogP contribution in [0.2, 0.25) is 0 Å². The number of fused-ring (bicyclic) bond motifs is 1. The van der Waals surface area contributed by atoms with Crippen molar-refractivity contribution in [2.75, 3.05) is 0 Å². The number of aromatic nitrogens is 4. The highest BCUT2D eigenvalue weighted by atomic mass is 32.2. The molecule has 0 spiro atoms. The first-order chi connectivity index (χ1) is 15.2. The van der Waals surface area contributed by atoms with Crippen molar-refractivity contribution in [1.82, 2.24) is 19.7 Å². The number of para-hydroxylation sites is 1. The van der Waals surface area contributed by atoms with Gasteiger partial charge in [-0.2, -0.15) is 4.98 Å². The third-order valence-corrected chi connectivity index (χ3v) is 6.18. The lowest BCUT2D eigenvalue weighted by atomic mass is 10.1. The Kier molecular flexibility index (Phi) is 6.82. The van der Waals surface area contributed by atoms with Crippen molar-refractivity contribution in [1.29, 1.82) is 0 Å². The first kappa shape index (κ1) is 21.3. The summed E-state index contributed by atoms with van der Waals surface area (Å²) < 4.78 is 7.24. The molecular weight excluding hydrogens is 408 g/mol. The third-order valence-electron chi connectivity index (χ3n) is 5.10. The van der Waals surface area contributed by atoms with Gasteiger partial charge < -0.3 is 4.52 Å². The summed E-state index contributed by atoms with van der Waals surface area (Å²) in [6, 6.07) is 17.8. The lowest BCUT2D eigenvalue weighted by Gasteiger charge is -2.15. The van der Waals surface area contributed by atoms with Crippen LogP contribution in [-0.4, -0.2) is 19.7 Å². The van der Waals surface area contributed by atoms with Crippen molar-refractivity contribution < 1.29 is 4.52 Å². The molecule has 4 rings (SSSR count). The molecule has 0 saturated heterocycles. The number of nitrogens with zero attached hydrogens (tertiary/aromatic N) is 4. The molecule has 7 heteroatoms. The van der Waals surface area contributed by atoms with Gasteiger partial charge in [0.25, 0.3) is 5.56 Å². The molecule has 2 aromatic heterocycles.